The molecule has 0 aliphatic carbocycles. The van der Waals surface area contributed by atoms with Crippen LogP contribution in [0.3, 0.4) is 0 Å². The third kappa shape index (κ3) is 35.9. The lowest BCUT2D eigenvalue weighted by atomic mass is 10.1. The number of unbranched alkanes of at least 4 members (excludes halogenated alkanes) is 8. The summed E-state index contributed by atoms with van der Waals surface area (Å²) in [4.78, 5) is 22.9. The lowest BCUT2D eigenvalue weighted by Crippen LogP contribution is -2.45. The van der Waals surface area contributed by atoms with Gasteiger partial charge in [-0.2, -0.15) is 0 Å². The molecule has 3 N–H and O–H groups in total. The standard InChI is InChI=1S/C42H73N2O6P/c1-6-8-10-12-14-15-16-17-18-19-20-21-22-23-24-25-26-27-28-29-30-32-34-36-42(46)43-40(41(45)35-33-31-13-11-9-7-2)39-50-51(47,48)49-38-37-44(3,4)5/h8,10,14-15,17-18,20-21,23-24,26-27,33,35,40-41,45H,6-7,9,11-13,16,19,22,25,28-32,34,36-39H2,1-5H3,(H-,43,46,47,48)/p+1/b10-8-,15-14-,18-17-,21-20-,24-23-,27-26-,35-33+. The summed E-state index contributed by atoms with van der Waals surface area (Å²) in [6.45, 7) is 4.55. The molecule has 0 aromatic heterocycles. The van der Waals surface area contributed by atoms with Gasteiger partial charge in [-0.05, 0) is 70.6 Å². The van der Waals surface area contributed by atoms with Gasteiger partial charge in [-0.1, -0.05) is 131 Å². The number of aliphatic hydroxyl groups excluding tert-OH is 1. The van der Waals surface area contributed by atoms with E-state index in [1.165, 1.54) is 6.42 Å². The normalized spacial score (nSPS) is 15.5. The average Bonchev–Trinajstić information content (AvgIpc) is 3.07. The highest BCUT2D eigenvalue weighted by molar-refractivity contribution is 7.47. The maximum absolute atomic E-state index is 12.7. The van der Waals surface area contributed by atoms with Crippen LogP contribution >= 0.6 is 7.82 Å². The fourth-order valence-electron chi connectivity index (χ4n) is 4.75. The van der Waals surface area contributed by atoms with E-state index in [9.17, 15) is 19.4 Å². The highest BCUT2D eigenvalue weighted by Gasteiger charge is 2.27. The van der Waals surface area contributed by atoms with Crippen LogP contribution in [0.1, 0.15) is 123 Å². The predicted molar refractivity (Wildman–Crippen MR) is 216 cm³/mol. The summed E-state index contributed by atoms with van der Waals surface area (Å²) in [5.41, 5.74) is 0. The SMILES string of the molecule is CC/C=C\C/C=C\C/C=C\C/C=C\C/C=C\C/C=C\CCCCCCC(=O)NC(COP(=O)(O)OCC[N+](C)(C)C)C(O)/C=C/CCCCCC. The maximum atomic E-state index is 12.7. The number of nitrogens with zero attached hydrogens (tertiary/aromatic N) is 1. The van der Waals surface area contributed by atoms with Crippen LogP contribution in [-0.4, -0.2) is 73.4 Å². The third-order valence-electron chi connectivity index (χ3n) is 7.87. The lowest BCUT2D eigenvalue weighted by molar-refractivity contribution is -0.870. The van der Waals surface area contributed by atoms with Crippen LogP contribution in [0.2, 0.25) is 0 Å². The molecule has 1 amide bonds. The summed E-state index contributed by atoms with van der Waals surface area (Å²) < 4.78 is 23.3. The minimum Gasteiger partial charge on any atom is -0.387 e. The maximum Gasteiger partial charge on any atom is 0.472 e. The van der Waals surface area contributed by atoms with E-state index in [2.05, 4.69) is 92.1 Å². The Kier molecular flexibility index (Phi) is 32.0. The number of quaternary nitrogens is 1. The molecule has 0 fully saturated rings. The largest absolute Gasteiger partial charge is 0.472 e. The zero-order chi connectivity index (χ0) is 37.9. The number of hydrogen-bond acceptors (Lipinski definition) is 5. The number of amides is 1. The van der Waals surface area contributed by atoms with Crippen LogP contribution in [0, 0.1) is 0 Å². The Morgan fingerprint density at radius 2 is 1.18 bits per heavy atom. The molecule has 51 heavy (non-hydrogen) atoms. The van der Waals surface area contributed by atoms with Crippen molar-refractivity contribution in [3.05, 3.63) is 85.1 Å². The monoisotopic (exact) mass is 734 g/mol. The molecule has 3 unspecified atom stereocenters. The van der Waals surface area contributed by atoms with E-state index < -0.39 is 20.0 Å². The van der Waals surface area contributed by atoms with E-state index in [1.54, 1.807) is 6.08 Å². The summed E-state index contributed by atoms with van der Waals surface area (Å²) in [5.74, 6) is -0.213. The van der Waals surface area contributed by atoms with Crippen LogP contribution in [-0.2, 0) is 18.4 Å². The van der Waals surface area contributed by atoms with Gasteiger partial charge in [-0.25, -0.2) is 4.57 Å². The summed E-state index contributed by atoms with van der Waals surface area (Å²) in [6, 6.07) is -0.861. The number of allylic oxidation sites excluding steroid dienone is 13. The minimum absolute atomic E-state index is 0.0502. The van der Waals surface area contributed by atoms with E-state index in [4.69, 9.17) is 9.05 Å². The molecule has 0 aromatic rings. The van der Waals surface area contributed by atoms with E-state index in [-0.39, 0.29) is 19.1 Å². The van der Waals surface area contributed by atoms with Crippen LogP contribution in [0.25, 0.3) is 0 Å². The molecule has 0 radical (unpaired) electrons. The topological polar surface area (TPSA) is 105 Å². The van der Waals surface area contributed by atoms with E-state index in [0.717, 1.165) is 96.3 Å². The molecule has 0 bridgehead atoms. The van der Waals surface area contributed by atoms with Crippen molar-refractivity contribution in [2.24, 2.45) is 0 Å². The molecule has 0 aliphatic heterocycles. The number of rotatable bonds is 33. The van der Waals surface area contributed by atoms with Gasteiger partial charge in [0.15, 0.2) is 0 Å². The number of phosphoric ester groups is 1. The zero-order valence-electron chi connectivity index (χ0n) is 32.8. The van der Waals surface area contributed by atoms with Crippen molar-refractivity contribution < 1.29 is 32.9 Å². The van der Waals surface area contributed by atoms with Crippen LogP contribution in [0.15, 0.2) is 85.1 Å². The van der Waals surface area contributed by atoms with Crippen molar-refractivity contribution in [1.82, 2.24) is 5.32 Å². The molecular formula is C42H74N2O6P+. The average molecular weight is 734 g/mol. The van der Waals surface area contributed by atoms with Crippen molar-refractivity contribution in [2.45, 2.75) is 135 Å². The summed E-state index contributed by atoms with van der Waals surface area (Å²) in [7, 11) is 1.53. The first-order chi connectivity index (χ1) is 24.5. The van der Waals surface area contributed by atoms with E-state index >= 15 is 0 Å². The Morgan fingerprint density at radius 3 is 1.71 bits per heavy atom. The Labute approximate surface area is 312 Å². The number of nitrogens with one attached hydrogen (secondary N) is 1. The first-order valence-corrected chi connectivity index (χ1v) is 21.0. The van der Waals surface area contributed by atoms with Crippen molar-refractivity contribution in [1.29, 1.82) is 0 Å². The van der Waals surface area contributed by atoms with Gasteiger partial charge in [0.05, 0.1) is 39.9 Å². The Hall–Kier alpha value is -2.32. The molecule has 0 rings (SSSR count). The summed E-state index contributed by atoms with van der Waals surface area (Å²) in [6.07, 6.45) is 45.4. The minimum atomic E-state index is -4.33. The summed E-state index contributed by atoms with van der Waals surface area (Å²) in [5, 5.41) is 13.6. The number of hydrogen-bond donors (Lipinski definition) is 3. The Balaban J connectivity index is 4.34. The second-order valence-electron chi connectivity index (χ2n) is 13.9. The quantitative estimate of drug-likeness (QED) is 0.0268. The van der Waals surface area contributed by atoms with Crippen molar-refractivity contribution in [2.75, 3.05) is 40.9 Å². The molecule has 292 valence electrons. The molecule has 0 heterocycles. The van der Waals surface area contributed by atoms with Gasteiger partial charge < -0.3 is 19.8 Å². The van der Waals surface area contributed by atoms with Crippen LogP contribution in [0.5, 0.6) is 0 Å². The second kappa shape index (κ2) is 33.5. The Morgan fingerprint density at radius 1 is 0.686 bits per heavy atom. The number of phosphoric acid groups is 1. The number of carbonyl (C=O) groups is 1. The molecule has 0 aromatic carbocycles. The molecule has 0 saturated heterocycles. The van der Waals surface area contributed by atoms with E-state index in [0.29, 0.717) is 17.4 Å². The van der Waals surface area contributed by atoms with Crippen molar-refractivity contribution in [3.8, 4) is 0 Å². The highest BCUT2D eigenvalue weighted by atomic mass is 31.2. The van der Waals surface area contributed by atoms with Crippen molar-refractivity contribution >= 4 is 13.7 Å². The van der Waals surface area contributed by atoms with Crippen LogP contribution < -0.4 is 5.32 Å². The molecule has 3 atom stereocenters. The molecule has 0 saturated carbocycles. The first-order valence-electron chi connectivity index (χ1n) is 19.5. The van der Waals surface area contributed by atoms with E-state index in [1.807, 2.05) is 27.2 Å². The van der Waals surface area contributed by atoms with Gasteiger partial charge in [0.1, 0.15) is 13.2 Å². The fraction of sp³-hybridized carbons (Fsp3) is 0.643. The Bertz CT molecular complexity index is 1100. The van der Waals surface area contributed by atoms with Gasteiger partial charge in [-0.3, -0.25) is 13.8 Å². The lowest BCUT2D eigenvalue weighted by Gasteiger charge is -2.25. The third-order valence-corrected chi connectivity index (χ3v) is 8.86. The summed E-state index contributed by atoms with van der Waals surface area (Å²) >= 11 is 0. The number of carbonyl (C=O) groups excluding carboxylic acids is 1. The second-order valence-corrected chi connectivity index (χ2v) is 15.4. The number of aliphatic hydroxyl groups is 1. The van der Waals surface area contributed by atoms with Gasteiger partial charge in [0.2, 0.25) is 5.91 Å². The van der Waals surface area contributed by atoms with Gasteiger partial charge in [0, 0.05) is 6.42 Å². The predicted octanol–water partition coefficient (Wildman–Crippen LogP) is 10.2. The first kappa shape index (κ1) is 48.7. The smallest absolute Gasteiger partial charge is 0.387 e. The number of likely N-dealkylation sites (N-methyl/N-ethyl adjacent to an activating group) is 1. The van der Waals surface area contributed by atoms with Gasteiger partial charge in [-0.15, -0.1) is 0 Å². The van der Waals surface area contributed by atoms with Crippen molar-refractivity contribution in [3.63, 3.8) is 0 Å². The fourth-order valence-corrected chi connectivity index (χ4v) is 5.48. The highest BCUT2D eigenvalue weighted by Crippen LogP contribution is 2.43. The molecular weight excluding hydrogens is 659 g/mol. The van der Waals surface area contributed by atoms with Gasteiger partial charge >= 0.3 is 7.82 Å². The molecule has 9 heteroatoms. The van der Waals surface area contributed by atoms with Gasteiger partial charge in [0.25, 0.3) is 0 Å². The zero-order valence-corrected chi connectivity index (χ0v) is 33.7. The molecule has 0 aliphatic rings. The van der Waals surface area contributed by atoms with Crippen LogP contribution in [0.4, 0.5) is 0 Å². The molecule has 8 nitrogen and oxygen atoms in total. The molecule has 0 spiro atoms.